The lowest BCUT2D eigenvalue weighted by atomic mass is 10.2. The van der Waals surface area contributed by atoms with Crippen molar-refractivity contribution in [1.82, 2.24) is 9.97 Å². The van der Waals surface area contributed by atoms with Crippen molar-refractivity contribution in [3.63, 3.8) is 0 Å². The minimum Gasteiger partial charge on any atom is -0.488 e. The van der Waals surface area contributed by atoms with Crippen molar-refractivity contribution in [1.29, 1.82) is 0 Å². The van der Waals surface area contributed by atoms with Gasteiger partial charge in [-0.05, 0) is 28.9 Å². The second kappa shape index (κ2) is 6.95. The van der Waals surface area contributed by atoms with Crippen LogP contribution in [0.1, 0.15) is 18.2 Å². The monoisotopic (exact) mass is 376 g/mol. The summed E-state index contributed by atoms with van der Waals surface area (Å²) in [6.45, 7) is 2.31. The summed E-state index contributed by atoms with van der Waals surface area (Å²) < 4.78 is 48.9. The van der Waals surface area contributed by atoms with Gasteiger partial charge in [-0.15, -0.1) is 0 Å². The highest BCUT2D eigenvalue weighted by Crippen LogP contribution is 2.29. The Labute approximate surface area is 133 Å². The summed E-state index contributed by atoms with van der Waals surface area (Å²) >= 11 is 3.27. The number of nitrogens with zero attached hydrogens (tertiary/aromatic N) is 2. The first-order valence-electron chi connectivity index (χ1n) is 6.33. The number of hydrogen-bond donors (Lipinski definition) is 0. The summed E-state index contributed by atoms with van der Waals surface area (Å²) in [4.78, 5) is 7.45. The molecule has 22 heavy (non-hydrogen) atoms. The zero-order valence-electron chi connectivity index (χ0n) is 11.5. The lowest BCUT2D eigenvalue weighted by molar-refractivity contribution is -0.141. The number of rotatable bonds is 5. The minimum atomic E-state index is -4.45. The molecule has 0 saturated carbocycles. The van der Waals surface area contributed by atoms with Gasteiger partial charge in [0.2, 0.25) is 0 Å². The van der Waals surface area contributed by atoms with Gasteiger partial charge in [0.1, 0.15) is 12.3 Å². The van der Waals surface area contributed by atoms with Crippen LogP contribution in [0.4, 0.5) is 13.2 Å². The largest absolute Gasteiger partial charge is 0.488 e. The molecule has 0 aromatic carbocycles. The maximum absolute atomic E-state index is 12.4. The molecule has 0 saturated heterocycles. The topological polar surface area (TPSA) is 44.2 Å². The van der Waals surface area contributed by atoms with Crippen molar-refractivity contribution >= 4 is 15.9 Å². The van der Waals surface area contributed by atoms with Crippen molar-refractivity contribution in [3.05, 3.63) is 46.3 Å². The molecule has 0 aliphatic heterocycles. The molecular weight excluding hydrogens is 365 g/mol. The highest BCUT2D eigenvalue weighted by molar-refractivity contribution is 9.10. The average molecular weight is 377 g/mol. The fourth-order valence-corrected chi connectivity index (χ4v) is 1.91. The molecule has 2 rings (SSSR count). The molecule has 2 aromatic rings. The van der Waals surface area contributed by atoms with E-state index in [0.29, 0.717) is 17.9 Å². The van der Waals surface area contributed by atoms with Gasteiger partial charge in [-0.2, -0.15) is 13.2 Å². The van der Waals surface area contributed by atoms with E-state index in [1.165, 1.54) is 6.07 Å². The highest BCUT2D eigenvalue weighted by Gasteiger charge is 2.32. The Kier molecular flexibility index (Phi) is 5.23. The number of alkyl halides is 3. The third-order valence-electron chi connectivity index (χ3n) is 2.58. The van der Waals surface area contributed by atoms with Crippen LogP contribution in [0.2, 0.25) is 0 Å². The molecule has 0 aliphatic rings. The summed E-state index contributed by atoms with van der Waals surface area (Å²) in [5.74, 6) is 0.724. The van der Waals surface area contributed by atoms with Gasteiger partial charge in [-0.1, -0.05) is 6.07 Å². The van der Waals surface area contributed by atoms with Crippen molar-refractivity contribution in [2.75, 3.05) is 6.61 Å². The molecule has 2 aromatic heterocycles. The fraction of sp³-hybridized carbons (Fsp3) is 0.286. The van der Waals surface area contributed by atoms with Crippen LogP contribution in [0, 0.1) is 0 Å². The van der Waals surface area contributed by atoms with Crippen molar-refractivity contribution in [2.45, 2.75) is 19.7 Å². The molecule has 0 spiro atoms. The molecule has 0 bridgehead atoms. The Hall–Kier alpha value is -1.83. The predicted octanol–water partition coefficient (Wildman–Crippen LogP) is 4.24. The van der Waals surface area contributed by atoms with E-state index in [2.05, 4.69) is 25.9 Å². The third kappa shape index (κ3) is 4.33. The summed E-state index contributed by atoms with van der Waals surface area (Å²) in [6.07, 6.45) is -1.78. The van der Waals surface area contributed by atoms with Crippen LogP contribution in [-0.2, 0) is 12.8 Å². The van der Waals surface area contributed by atoms with Gasteiger partial charge in [0.05, 0.1) is 6.61 Å². The van der Waals surface area contributed by atoms with E-state index in [4.69, 9.17) is 9.47 Å². The fourth-order valence-electron chi connectivity index (χ4n) is 1.60. The zero-order chi connectivity index (χ0) is 16.2. The molecule has 0 unspecified atom stereocenters. The average Bonchev–Trinajstić information content (AvgIpc) is 2.46. The Morgan fingerprint density at radius 1 is 1.14 bits per heavy atom. The minimum absolute atomic E-state index is 0.0415. The first kappa shape index (κ1) is 16.5. The Morgan fingerprint density at radius 2 is 1.91 bits per heavy atom. The number of hydrogen-bond acceptors (Lipinski definition) is 4. The van der Waals surface area contributed by atoms with Crippen molar-refractivity contribution in [2.24, 2.45) is 0 Å². The molecule has 0 fully saturated rings. The van der Waals surface area contributed by atoms with Gasteiger partial charge in [-0.3, -0.25) is 4.98 Å². The number of halogens is 4. The van der Waals surface area contributed by atoms with Crippen LogP contribution in [0.3, 0.4) is 0 Å². The van der Waals surface area contributed by atoms with Crippen LogP contribution in [0.25, 0.3) is 0 Å². The van der Waals surface area contributed by atoms with Gasteiger partial charge in [0, 0.05) is 28.5 Å². The lowest BCUT2D eigenvalue weighted by Gasteiger charge is -2.11. The second-order valence-corrected chi connectivity index (χ2v) is 5.14. The molecule has 0 atom stereocenters. The van der Waals surface area contributed by atoms with Crippen molar-refractivity contribution in [3.8, 4) is 11.6 Å². The Morgan fingerprint density at radius 3 is 2.50 bits per heavy atom. The molecule has 8 heteroatoms. The molecule has 118 valence electrons. The van der Waals surface area contributed by atoms with Gasteiger partial charge >= 0.3 is 6.18 Å². The Balaban J connectivity index is 2.07. The smallest absolute Gasteiger partial charge is 0.433 e. The SMILES string of the molecule is CCOc1cc(Br)cnc1OCc1ccc(C(F)(F)F)nc1. The molecule has 0 aliphatic carbocycles. The number of ether oxygens (including phenoxy) is 2. The zero-order valence-corrected chi connectivity index (χ0v) is 13.1. The van der Waals surface area contributed by atoms with Crippen LogP contribution >= 0.6 is 15.9 Å². The van der Waals surface area contributed by atoms with E-state index in [1.807, 2.05) is 6.92 Å². The van der Waals surface area contributed by atoms with Gasteiger partial charge in [0.15, 0.2) is 5.75 Å². The third-order valence-corrected chi connectivity index (χ3v) is 3.01. The lowest BCUT2D eigenvalue weighted by Crippen LogP contribution is -2.08. The van der Waals surface area contributed by atoms with E-state index in [1.54, 1.807) is 12.3 Å². The van der Waals surface area contributed by atoms with E-state index < -0.39 is 11.9 Å². The van der Waals surface area contributed by atoms with E-state index in [-0.39, 0.29) is 12.5 Å². The summed E-state index contributed by atoms with van der Waals surface area (Å²) in [5, 5.41) is 0. The Bertz CT molecular complexity index is 633. The first-order valence-corrected chi connectivity index (χ1v) is 7.12. The normalized spacial score (nSPS) is 11.3. The summed E-state index contributed by atoms with van der Waals surface area (Å²) in [5.41, 5.74) is -0.437. The number of aromatic nitrogens is 2. The summed E-state index contributed by atoms with van der Waals surface area (Å²) in [6, 6.07) is 3.93. The molecule has 0 radical (unpaired) electrons. The second-order valence-electron chi connectivity index (χ2n) is 4.23. The van der Waals surface area contributed by atoms with E-state index >= 15 is 0 Å². The standard InChI is InChI=1S/C14H12BrF3N2O2/c1-2-21-11-5-10(15)7-20-13(11)22-8-9-3-4-12(19-6-9)14(16,17)18/h3-7H,2,8H2,1H3. The first-order chi connectivity index (χ1) is 10.4. The van der Waals surface area contributed by atoms with Crippen LogP contribution in [-0.4, -0.2) is 16.6 Å². The molecule has 2 heterocycles. The van der Waals surface area contributed by atoms with Gasteiger partial charge in [-0.25, -0.2) is 4.98 Å². The van der Waals surface area contributed by atoms with E-state index in [9.17, 15) is 13.2 Å². The van der Waals surface area contributed by atoms with E-state index in [0.717, 1.165) is 16.7 Å². The quantitative estimate of drug-likeness (QED) is 0.782. The predicted molar refractivity (Wildman–Crippen MR) is 76.7 cm³/mol. The van der Waals surface area contributed by atoms with Crippen LogP contribution < -0.4 is 9.47 Å². The highest BCUT2D eigenvalue weighted by atomic mass is 79.9. The maximum atomic E-state index is 12.4. The maximum Gasteiger partial charge on any atom is 0.433 e. The van der Waals surface area contributed by atoms with Gasteiger partial charge in [0.25, 0.3) is 5.88 Å². The molecule has 4 nitrogen and oxygen atoms in total. The number of pyridine rings is 2. The van der Waals surface area contributed by atoms with Crippen LogP contribution in [0.5, 0.6) is 11.6 Å². The molecule has 0 N–H and O–H groups in total. The van der Waals surface area contributed by atoms with Crippen molar-refractivity contribution < 1.29 is 22.6 Å². The molecule has 0 amide bonds. The summed E-state index contributed by atoms with van der Waals surface area (Å²) in [7, 11) is 0. The van der Waals surface area contributed by atoms with Crippen LogP contribution in [0.15, 0.2) is 35.1 Å². The molecular formula is C14H12BrF3N2O2. The van der Waals surface area contributed by atoms with Gasteiger partial charge < -0.3 is 9.47 Å².